The summed E-state index contributed by atoms with van der Waals surface area (Å²) in [4.78, 5) is 13.3. The summed E-state index contributed by atoms with van der Waals surface area (Å²) in [5.41, 5.74) is 1.22. The van der Waals surface area contributed by atoms with E-state index >= 15 is 0 Å². The van der Waals surface area contributed by atoms with E-state index in [1.54, 1.807) is 39.3 Å². The van der Waals surface area contributed by atoms with Gasteiger partial charge in [0.15, 0.2) is 0 Å². The van der Waals surface area contributed by atoms with Crippen molar-refractivity contribution in [1.29, 1.82) is 0 Å². The number of para-hydroxylation sites is 1. The summed E-state index contributed by atoms with van der Waals surface area (Å²) in [5, 5.41) is 6.65. The molecule has 0 fully saturated rings. The van der Waals surface area contributed by atoms with Crippen molar-refractivity contribution in [3.63, 3.8) is 0 Å². The van der Waals surface area contributed by atoms with Gasteiger partial charge in [-0.1, -0.05) is 12.1 Å². The highest BCUT2D eigenvalue weighted by Crippen LogP contribution is 2.40. The smallest absolute Gasteiger partial charge is 0.418 e. The first-order chi connectivity index (χ1) is 14.9. The van der Waals surface area contributed by atoms with Crippen molar-refractivity contribution < 1.29 is 22.5 Å². The van der Waals surface area contributed by atoms with Gasteiger partial charge >= 0.3 is 12.2 Å². The lowest BCUT2D eigenvalue weighted by Gasteiger charge is -2.23. The van der Waals surface area contributed by atoms with Gasteiger partial charge in [0.1, 0.15) is 30.5 Å². The van der Waals surface area contributed by atoms with E-state index in [9.17, 15) is 17.7 Å². The second kappa shape index (κ2) is 7.92. The molecule has 3 aromatic rings. The molecule has 0 amide bonds. The first-order valence-corrected chi connectivity index (χ1v) is 12.6. The number of benzene rings is 1. The van der Waals surface area contributed by atoms with Crippen LogP contribution in [0.1, 0.15) is 29.8 Å². The number of pyridine rings is 1. The van der Waals surface area contributed by atoms with Gasteiger partial charge in [0.2, 0.25) is 0 Å². The molecule has 2 bridgehead atoms. The van der Waals surface area contributed by atoms with E-state index < -0.39 is 24.9 Å². The maximum absolute atomic E-state index is 13.6. The highest BCUT2D eigenvalue weighted by Gasteiger charge is 2.35. The standard InChI is InChI=1S/C21H23F3N5O2P/c1-11-13-6-5-7-15(21(22,23)24)18(13)25-8-9-31-20-28-17-12(2)26-16(32(3,4)30)10-14(17)19(27-11)29-20/h5-7,10-11,25H,8-9H2,1-4H3,(H,27,28,29)/t11-/m1/s1. The Labute approximate surface area is 183 Å². The number of nitrogens with one attached hydrogen (secondary N) is 2. The van der Waals surface area contributed by atoms with Crippen LogP contribution >= 0.6 is 7.14 Å². The average Bonchev–Trinajstić information content (AvgIpc) is 2.71. The normalized spacial score (nSPS) is 16.9. The third-order valence-electron chi connectivity index (χ3n) is 5.23. The van der Waals surface area contributed by atoms with Crippen LogP contribution in [0.2, 0.25) is 0 Å². The van der Waals surface area contributed by atoms with Crippen LogP contribution < -0.4 is 20.8 Å². The number of anilines is 2. The van der Waals surface area contributed by atoms with Gasteiger partial charge in [-0.3, -0.25) is 0 Å². The van der Waals surface area contributed by atoms with Crippen LogP contribution in [0.25, 0.3) is 10.9 Å². The van der Waals surface area contributed by atoms with Gasteiger partial charge < -0.3 is 19.9 Å². The topological polar surface area (TPSA) is 89.0 Å². The molecule has 2 N–H and O–H groups in total. The maximum Gasteiger partial charge on any atom is 0.418 e. The molecule has 0 aliphatic carbocycles. The van der Waals surface area contributed by atoms with E-state index in [2.05, 4.69) is 25.6 Å². The number of halogens is 3. The van der Waals surface area contributed by atoms with Crippen LogP contribution in [-0.4, -0.2) is 41.4 Å². The quantitative estimate of drug-likeness (QED) is 0.509. The first-order valence-electron chi connectivity index (χ1n) is 10.0. The summed E-state index contributed by atoms with van der Waals surface area (Å²) in [6, 6.07) is 5.31. The Kier molecular flexibility index (Phi) is 5.53. The second-order valence-electron chi connectivity index (χ2n) is 8.08. The Hall–Kier alpha value is -2.87. The van der Waals surface area contributed by atoms with E-state index in [1.165, 1.54) is 6.07 Å². The summed E-state index contributed by atoms with van der Waals surface area (Å²) in [7, 11) is -2.67. The third kappa shape index (κ3) is 4.24. The van der Waals surface area contributed by atoms with Gasteiger partial charge in [-0.05, 0) is 44.9 Å². The molecule has 1 aliphatic rings. The maximum atomic E-state index is 13.6. The summed E-state index contributed by atoms with van der Waals surface area (Å²) >= 11 is 0. The number of rotatable bonds is 1. The van der Waals surface area contributed by atoms with Crippen LogP contribution in [-0.2, 0) is 10.7 Å². The predicted octanol–water partition coefficient (Wildman–Crippen LogP) is 4.58. The van der Waals surface area contributed by atoms with Crippen LogP contribution in [0, 0.1) is 6.92 Å². The van der Waals surface area contributed by atoms with Crippen LogP contribution in [0.3, 0.4) is 0 Å². The molecule has 4 rings (SSSR count). The molecule has 7 nitrogen and oxygen atoms in total. The van der Waals surface area contributed by atoms with Crippen molar-refractivity contribution in [2.75, 3.05) is 37.1 Å². The van der Waals surface area contributed by atoms with Gasteiger partial charge in [0, 0.05) is 11.9 Å². The van der Waals surface area contributed by atoms with Gasteiger partial charge in [0.05, 0.1) is 23.0 Å². The first kappa shape index (κ1) is 22.3. The monoisotopic (exact) mass is 465 g/mol. The molecule has 11 heteroatoms. The summed E-state index contributed by atoms with van der Waals surface area (Å²) in [6.45, 7) is 6.96. The average molecular weight is 465 g/mol. The minimum atomic E-state index is -4.51. The van der Waals surface area contributed by atoms with E-state index in [0.29, 0.717) is 33.4 Å². The fourth-order valence-corrected chi connectivity index (χ4v) is 4.49. The molecule has 1 atom stereocenters. The molecule has 0 saturated carbocycles. The number of aromatic nitrogens is 3. The Morgan fingerprint density at radius 3 is 2.62 bits per heavy atom. The zero-order chi connectivity index (χ0) is 23.3. The van der Waals surface area contributed by atoms with Crippen LogP contribution in [0.4, 0.5) is 24.7 Å². The van der Waals surface area contributed by atoms with Crippen LogP contribution in [0.15, 0.2) is 24.3 Å². The Balaban J connectivity index is 1.90. The third-order valence-corrected chi connectivity index (χ3v) is 6.56. The molecular weight excluding hydrogens is 442 g/mol. The van der Waals surface area contributed by atoms with Crippen molar-refractivity contribution in [1.82, 2.24) is 15.0 Å². The van der Waals surface area contributed by atoms with Gasteiger partial charge in [-0.15, -0.1) is 0 Å². The van der Waals surface area contributed by atoms with Crippen molar-refractivity contribution >= 4 is 35.0 Å². The predicted molar refractivity (Wildman–Crippen MR) is 119 cm³/mol. The number of ether oxygens (including phenoxy) is 1. The largest absolute Gasteiger partial charge is 0.462 e. The van der Waals surface area contributed by atoms with Gasteiger partial charge in [-0.2, -0.15) is 23.1 Å². The summed E-state index contributed by atoms with van der Waals surface area (Å²) < 4.78 is 59.2. The molecule has 0 unspecified atom stereocenters. The molecular formula is C21H23F3N5O2P. The molecule has 32 heavy (non-hydrogen) atoms. The lowest BCUT2D eigenvalue weighted by atomic mass is 10.0. The SMILES string of the molecule is Cc1nc(P(C)(C)=O)cc2c3nc(nc12)OCCNc1c(cccc1C(F)(F)F)[C@@H](C)N3. The molecule has 170 valence electrons. The van der Waals surface area contributed by atoms with E-state index in [4.69, 9.17) is 4.74 Å². The highest BCUT2D eigenvalue weighted by atomic mass is 31.2. The lowest BCUT2D eigenvalue weighted by molar-refractivity contribution is -0.137. The number of hydrogen-bond acceptors (Lipinski definition) is 7. The molecule has 3 heterocycles. The molecule has 0 saturated heterocycles. The van der Waals surface area contributed by atoms with Crippen molar-refractivity contribution in [3.05, 3.63) is 41.1 Å². The van der Waals surface area contributed by atoms with E-state index in [1.807, 2.05) is 0 Å². The van der Waals surface area contributed by atoms with Crippen molar-refractivity contribution in [2.24, 2.45) is 0 Å². The second-order valence-corrected chi connectivity index (χ2v) is 11.2. The number of hydrogen-bond donors (Lipinski definition) is 2. The highest BCUT2D eigenvalue weighted by molar-refractivity contribution is 7.69. The van der Waals surface area contributed by atoms with Gasteiger partial charge in [-0.25, -0.2) is 4.98 Å². The zero-order valence-corrected chi connectivity index (χ0v) is 18.9. The minimum absolute atomic E-state index is 0.000949. The van der Waals surface area contributed by atoms with E-state index in [-0.39, 0.29) is 24.8 Å². The van der Waals surface area contributed by atoms with E-state index in [0.717, 1.165) is 6.07 Å². The number of aryl methyl sites for hydroxylation is 1. The van der Waals surface area contributed by atoms with Crippen LogP contribution in [0.5, 0.6) is 6.01 Å². The minimum Gasteiger partial charge on any atom is -0.462 e. The Morgan fingerprint density at radius 2 is 1.94 bits per heavy atom. The molecule has 0 spiro atoms. The number of fused-ring (bicyclic) bond motifs is 5. The fraction of sp³-hybridized carbons (Fsp3) is 0.381. The Morgan fingerprint density at radius 1 is 1.19 bits per heavy atom. The zero-order valence-electron chi connectivity index (χ0n) is 18.0. The molecule has 1 aliphatic heterocycles. The van der Waals surface area contributed by atoms with Crippen molar-refractivity contribution in [3.8, 4) is 6.01 Å². The lowest BCUT2D eigenvalue weighted by Crippen LogP contribution is -2.18. The molecule has 2 aromatic heterocycles. The summed E-state index contributed by atoms with van der Waals surface area (Å²) in [6.07, 6.45) is -4.51. The van der Waals surface area contributed by atoms with Gasteiger partial charge in [0.25, 0.3) is 0 Å². The Bertz CT molecular complexity index is 1240. The fourth-order valence-electron chi connectivity index (χ4n) is 3.66. The summed E-state index contributed by atoms with van der Waals surface area (Å²) in [5.74, 6) is 0.378. The van der Waals surface area contributed by atoms with Crippen molar-refractivity contribution in [2.45, 2.75) is 26.1 Å². The number of nitrogens with zero attached hydrogens (tertiary/aromatic N) is 3. The molecule has 1 aromatic carbocycles. The molecule has 0 radical (unpaired) electrons. The number of alkyl halides is 3.